The summed E-state index contributed by atoms with van der Waals surface area (Å²) in [5.41, 5.74) is 3.12. The largest absolute Gasteiger partial charge is 0.507 e. The zero-order valence-corrected chi connectivity index (χ0v) is 22.4. The number of hydrogen-bond acceptors (Lipinski definition) is 7. The highest BCUT2D eigenvalue weighted by molar-refractivity contribution is 6.46. The molecule has 8 heteroatoms. The average Bonchev–Trinajstić information content (AvgIpc) is 3.58. The van der Waals surface area contributed by atoms with E-state index in [0.717, 1.165) is 11.1 Å². The summed E-state index contributed by atoms with van der Waals surface area (Å²) in [4.78, 5) is 28.0. The van der Waals surface area contributed by atoms with Crippen molar-refractivity contribution in [1.82, 2.24) is 4.90 Å². The Morgan fingerprint density at radius 1 is 0.925 bits per heavy atom. The predicted molar refractivity (Wildman–Crippen MR) is 148 cm³/mol. The van der Waals surface area contributed by atoms with Crippen molar-refractivity contribution in [2.45, 2.75) is 26.1 Å². The molecule has 1 N–H and O–H groups in total. The van der Waals surface area contributed by atoms with E-state index in [-0.39, 0.29) is 17.9 Å². The van der Waals surface area contributed by atoms with Gasteiger partial charge in [-0.2, -0.15) is 0 Å². The summed E-state index contributed by atoms with van der Waals surface area (Å²) in [5.74, 6) is 0.219. The first-order valence-electron chi connectivity index (χ1n) is 12.7. The van der Waals surface area contributed by atoms with Crippen molar-refractivity contribution >= 4 is 17.4 Å². The molecule has 1 atom stereocenters. The molecule has 0 spiro atoms. The Bertz CT molecular complexity index is 1550. The summed E-state index contributed by atoms with van der Waals surface area (Å²) >= 11 is 0. The molecule has 204 valence electrons. The summed E-state index contributed by atoms with van der Waals surface area (Å²) in [5, 5.41) is 11.4. The number of aliphatic hydroxyl groups is 1. The molecule has 0 bridgehead atoms. The molecule has 0 saturated carbocycles. The normalized spacial score (nSPS) is 16.3. The van der Waals surface area contributed by atoms with Gasteiger partial charge in [-0.05, 0) is 72.1 Å². The molecule has 1 aromatic heterocycles. The SMILES string of the molecule is COc1ccc([C@@H]2/C(=C(\O)c3ccc(OCc4ccccc4C)cc3)C(=O)C(=O)N2Cc2ccco2)cc1OC. The molecule has 8 nitrogen and oxygen atoms in total. The van der Waals surface area contributed by atoms with Crippen LogP contribution in [0.4, 0.5) is 0 Å². The maximum Gasteiger partial charge on any atom is 0.296 e. The van der Waals surface area contributed by atoms with Gasteiger partial charge in [0.1, 0.15) is 23.9 Å². The van der Waals surface area contributed by atoms with Crippen LogP contribution in [-0.2, 0) is 22.7 Å². The van der Waals surface area contributed by atoms with Crippen LogP contribution in [0, 0.1) is 6.92 Å². The summed E-state index contributed by atoms with van der Waals surface area (Å²) in [6.07, 6.45) is 1.50. The van der Waals surface area contributed by atoms with Crippen molar-refractivity contribution in [3.8, 4) is 17.2 Å². The van der Waals surface area contributed by atoms with Gasteiger partial charge in [-0.15, -0.1) is 0 Å². The van der Waals surface area contributed by atoms with Crippen LogP contribution in [0.15, 0.2) is 95.1 Å². The Kier molecular flexibility index (Phi) is 7.59. The third kappa shape index (κ3) is 5.16. The Labute approximate surface area is 232 Å². The number of benzene rings is 3. The number of nitrogens with zero attached hydrogens (tertiary/aromatic N) is 1. The monoisotopic (exact) mass is 539 g/mol. The second-order valence-corrected chi connectivity index (χ2v) is 9.36. The number of carbonyl (C=O) groups is 2. The molecule has 0 unspecified atom stereocenters. The number of aliphatic hydroxyl groups excluding tert-OH is 1. The molecule has 5 rings (SSSR count). The van der Waals surface area contributed by atoms with Gasteiger partial charge in [0.15, 0.2) is 11.5 Å². The molecule has 0 radical (unpaired) electrons. The Morgan fingerprint density at radius 3 is 2.35 bits per heavy atom. The minimum absolute atomic E-state index is 0.0302. The smallest absolute Gasteiger partial charge is 0.296 e. The molecular formula is C32H29NO7. The first kappa shape index (κ1) is 26.6. The van der Waals surface area contributed by atoms with Crippen LogP contribution in [0.3, 0.4) is 0 Å². The van der Waals surface area contributed by atoms with Crippen LogP contribution < -0.4 is 14.2 Å². The number of ketones is 1. The lowest BCUT2D eigenvalue weighted by molar-refractivity contribution is -0.140. The van der Waals surface area contributed by atoms with E-state index in [1.165, 1.54) is 25.4 Å². The fraction of sp³-hybridized carbons (Fsp3) is 0.188. The maximum absolute atomic E-state index is 13.4. The van der Waals surface area contributed by atoms with E-state index in [9.17, 15) is 14.7 Å². The molecule has 1 fully saturated rings. The third-order valence-electron chi connectivity index (χ3n) is 6.95. The van der Waals surface area contributed by atoms with Crippen molar-refractivity contribution in [1.29, 1.82) is 0 Å². The highest BCUT2D eigenvalue weighted by atomic mass is 16.5. The van der Waals surface area contributed by atoms with Gasteiger partial charge in [0.2, 0.25) is 0 Å². The fourth-order valence-electron chi connectivity index (χ4n) is 4.78. The molecule has 1 amide bonds. The Morgan fingerprint density at radius 2 is 1.68 bits per heavy atom. The minimum atomic E-state index is -0.887. The molecule has 4 aromatic rings. The third-order valence-corrected chi connectivity index (χ3v) is 6.95. The Hall–Kier alpha value is -4.98. The van der Waals surface area contributed by atoms with Gasteiger partial charge in [0, 0.05) is 5.56 Å². The van der Waals surface area contributed by atoms with Crippen molar-refractivity contribution in [2.75, 3.05) is 14.2 Å². The van der Waals surface area contributed by atoms with Crippen LogP contribution in [0.5, 0.6) is 17.2 Å². The van der Waals surface area contributed by atoms with E-state index in [0.29, 0.717) is 40.7 Å². The van der Waals surface area contributed by atoms with Crippen molar-refractivity contribution in [3.05, 3.63) is 119 Å². The van der Waals surface area contributed by atoms with Crippen molar-refractivity contribution in [3.63, 3.8) is 0 Å². The van der Waals surface area contributed by atoms with E-state index in [1.54, 1.807) is 54.6 Å². The lowest BCUT2D eigenvalue weighted by Gasteiger charge is -2.25. The number of furan rings is 1. The van der Waals surface area contributed by atoms with Crippen LogP contribution in [0.25, 0.3) is 5.76 Å². The van der Waals surface area contributed by atoms with Gasteiger partial charge < -0.3 is 28.6 Å². The average molecular weight is 540 g/mol. The first-order valence-corrected chi connectivity index (χ1v) is 12.7. The van der Waals surface area contributed by atoms with E-state index in [2.05, 4.69) is 0 Å². The quantitative estimate of drug-likeness (QED) is 0.163. The summed E-state index contributed by atoms with van der Waals surface area (Å²) < 4.78 is 22.2. The van der Waals surface area contributed by atoms with E-state index in [4.69, 9.17) is 18.6 Å². The van der Waals surface area contributed by atoms with E-state index in [1.807, 2.05) is 31.2 Å². The van der Waals surface area contributed by atoms with Gasteiger partial charge in [-0.25, -0.2) is 0 Å². The molecule has 1 aliphatic rings. The number of methoxy groups -OCH3 is 2. The molecule has 3 aromatic carbocycles. The Balaban J connectivity index is 1.51. The van der Waals surface area contributed by atoms with Gasteiger partial charge in [0.25, 0.3) is 11.7 Å². The second-order valence-electron chi connectivity index (χ2n) is 9.36. The van der Waals surface area contributed by atoms with Gasteiger partial charge >= 0.3 is 0 Å². The lowest BCUT2D eigenvalue weighted by Crippen LogP contribution is -2.29. The summed E-state index contributed by atoms with van der Waals surface area (Å²) in [6.45, 7) is 2.46. The molecule has 40 heavy (non-hydrogen) atoms. The fourth-order valence-corrected chi connectivity index (χ4v) is 4.78. The molecule has 0 aliphatic carbocycles. The molecule has 1 aliphatic heterocycles. The van der Waals surface area contributed by atoms with Crippen LogP contribution in [0.2, 0.25) is 0 Å². The van der Waals surface area contributed by atoms with E-state index < -0.39 is 17.7 Å². The van der Waals surface area contributed by atoms with Gasteiger partial charge in [-0.3, -0.25) is 9.59 Å². The maximum atomic E-state index is 13.4. The number of ether oxygens (including phenoxy) is 3. The molecule has 1 saturated heterocycles. The highest BCUT2D eigenvalue weighted by Gasteiger charge is 2.46. The number of Topliss-reactive ketones (excluding diaryl/α,β-unsaturated/α-hetero) is 1. The minimum Gasteiger partial charge on any atom is -0.507 e. The summed E-state index contributed by atoms with van der Waals surface area (Å²) in [7, 11) is 3.03. The van der Waals surface area contributed by atoms with Crippen molar-refractivity contribution < 1.29 is 33.3 Å². The number of likely N-dealkylation sites (tertiary alicyclic amines) is 1. The summed E-state index contributed by atoms with van der Waals surface area (Å²) in [6, 6.07) is 22.4. The van der Waals surface area contributed by atoms with Crippen LogP contribution in [-0.4, -0.2) is 35.9 Å². The van der Waals surface area contributed by atoms with E-state index >= 15 is 0 Å². The van der Waals surface area contributed by atoms with Crippen molar-refractivity contribution in [2.24, 2.45) is 0 Å². The van der Waals surface area contributed by atoms with Crippen LogP contribution in [0.1, 0.15) is 34.1 Å². The number of rotatable bonds is 9. The molecule has 2 heterocycles. The predicted octanol–water partition coefficient (Wildman–Crippen LogP) is 5.81. The second kappa shape index (κ2) is 11.4. The number of hydrogen-bond donors (Lipinski definition) is 1. The van der Waals surface area contributed by atoms with Gasteiger partial charge in [0.05, 0.1) is 38.6 Å². The first-order chi connectivity index (χ1) is 19.4. The zero-order chi connectivity index (χ0) is 28.2. The standard InChI is InChI=1S/C32H29NO7/c1-20-7-4-5-8-23(20)19-40-24-13-10-21(11-14-24)30(34)28-29(22-12-15-26(37-2)27(17-22)38-3)33(32(36)31(28)35)18-25-9-6-16-39-25/h4-17,29,34H,18-19H2,1-3H3/b30-28+/t29-/m1/s1. The zero-order valence-electron chi connectivity index (χ0n) is 22.4. The highest BCUT2D eigenvalue weighted by Crippen LogP contribution is 2.42. The number of carbonyl (C=O) groups excluding carboxylic acids is 2. The molecular weight excluding hydrogens is 510 g/mol. The lowest BCUT2D eigenvalue weighted by atomic mass is 9.95. The van der Waals surface area contributed by atoms with Crippen LogP contribution >= 0.6 is 0 Å². The topological polar surface area (TPSA) is 98.4 Å². The number of aryl methyl sites for hydroxylation is 1. The van der Waals surface area contributed by atoms with Gasteiger partial charge in [-0.1, -0.05) is 30.3 Å². The number of amides is 1.